The average molecular weight is 753 g/mol. The van der Waals surface area contributed by atoms with Crippen molar-refractivity contribution in [2.45, 2.75) is 119 Å². The van der Waals surface area contributed by atoms with E-state index in [1.165, 1.54) is 4.90 Å². The number of amides is 4. The Hall–Kier alpha value is -4.10. The van der Waals surface area contributed by atoms with Gasteiger partial charge in [0.05, 0.1) is 5.25 Å². The van der Waals surface area contributed by atoms with E-state index in [-0.39, 0.29) is 25.5 Å². The lowest BCUT2D eigenvalue weighted by atomic mass is 9.91. The summed E-state index contributed by atoms with van der Waals surface area (Å²) in [5.41, 5.74) is 0.0930. The van der Waals surface area contributed by atoms with Crippen molar-refractivity contribution in [2.24, 2.45) is 5.92 Å². The molecule has 2 aromatic carbocycles. The van der Waals surface area contributed by atoms with Gasteiger partial charge in [-0.1, -0.05) is 48.7 Å². The Morgan fingerprint density at radius 2 is 1.69 bits per heavy atom. The third kappa shape index (κ3) is 8.25. The van der Waals surface area contributed by atoms with E-state index in [1.54, 1.807) is 30.3 Å². The molecule has 3 aliphatic carbocycles. The zero-order chi connectivity index (χ0) is 36.5. The molecule has 52 heavy (non-hydrogen) atoms. The summed E-state index contributed by atoms with van der Waals surface area (Å²) in [7, 11) is -3.88. The van der Waals surface area contributed by atoms with Crippen molar-refractivity contribution in [1.29, 1.82) is 0 Å². The van der Waals surface area contributed by atoms with Gasteiger partial charge in [0, 0.05) is 23.9 Å². The summed E-state index contributed by atoms with van der Waals surface area (Å²) in [4.78, 5) is 57.3. The van der Waals surface area contributed by atoms with Gasteiger partial charge in [-0.3, -0.25) is 19.1 Å². The normalized spacial score (nSPS) is 26.8. The number of carbonyl (C=O) groups excluding carboxylic acids is 4. The lowest BCUT2D eigenvalue weighted by molar-refractivity contribution is -0.144. The second kappa shape index (κ2) is 15.1. The zero-order valence-electron chi connectivity index (χ0n) is 29.0. The van der Waals surface area contributed by atoms with Crippen molar-refractivity contribution in [1.82, 2.24) is 20.3 Å². The van der Waals surface area contributed by atoms with E-state index in [2.05, 4.69) is 15.4 Å². The van der Waals surface area contributed by atoms with Crippen LogP contribution in [0.15, 0.2) is 54.6 Å². The topological polar surface area (TPSA) is 160 Å². The molecule has 2 heterocycles. The van der Waals surface area contributed by atoms with Crippen molar-refractivity contribution in [3.8, 4) is 11.5 Å². The predicted molar refractivity (Wildman–Crippen MR) is 193 cm³/mol. The summed E-state index contributed by atoms with van der Waals surface area (Å²) < 4.78 is 39.6. The highest BCUT2D eigenvalue weighted by Gasteiger charge is 2.62. The number of hydrogen-bond acceptors (Lipinski definition) is 8. The smallest absolute Gasteiger partial charge is 0.408 e. The summed E-state index contributed by atoms with van der Waals surface area (Å²) >= 11 is 6.16. The van der Waals surface area contributed by atoms with Gasteiger partial charge in [-0.25, -0.2) is 13.2 Å². The molecule has 5 aliphatic rings. The fourth-order valence-corrected chi connectivity index (χ4v) is 9.11. The lowest BCUT2D eigenvalue weighted by Crippen LogP contribution is -2.61. The molecule has 3 saturated carbocycles. The number of halogens is 1. The van der Waals surface area contributed by atoms with E-state index in [0.29, 0.717) is 48.6 Å². The van der Waals surface area contributed by atoms with Gasteiger partial charge in [-0.05, 0) is 106 Å². The molecule has 2 aromatic rings. The highest BCUT2D eigenvalue weighted by atomic mass is 35.5. The van der Waals surface area contributed by atoms with Crippen LogP contribution in [0.2, 0.25) is 5.02 Å². The molecule has 7 rings (SSSR count). The molecule has 0 saturated heterocycles. The Bertz CT molecular complexity index is 1860. The monoisotopic (exact) mass is 752 g/mol. The zero-order valence-corrected chi connectivity index (χ0v) is 30.6. The number of hydrogen-bond donors (Lipinski definition) is 3. The summed E-state index contributed by atoms with van der Waals surface area (Å²) in [6.07, 6.45) is 11.2. The first-order valence-corrected chi connectivity index (χ1v) is 20.3. The molecule has 4 amide bonds. The molecule has 3 N–H and O–H groups in total. The van der Waals surface area contributed by atoms with E-state index < -0.39 is 62.6 Å². The molecule has 2 aliphatic heterocycles. The number of alkyl carbamates (subject to hydrolysis) is 1. The molecule has 0 aromatic heterocycles. The van der Waals surface area contributed by atoms with Gasteiger partial charge in [-0.15, -0.1) is 0 Å². The molecular formula is C38H45ClN4O8S. The van der Waals surface area contributed by atoms with Gasteiger partial charge in [-0.2, -0.15) is 0 Å². The summed E-state index contributed by atoms with van der Waals surface area (Å²) in [5, 5.41) is 5.64. The maximum Gasteiger partial charge on any atom is 0.408 e. The van der Waals surface area contributed by atoms with Crippen molar-refractivity contribution >= 4 is 45.4 Å². The van der Waals surface area contributed by atoms with E-state index in [0.717, 1.165) is 49.7 Å². The number of allylic oxidation sites excluding steroid dienone is 1. The SMILES string of the molecule is O=C(N[C@H]1CCCCCC=C[C@@H]2C[C@@]2(C(=O)NS(=O)(=O)C2CC2)NC(=O)[C@H]2Cc3cc(Oc4cccc(Cl)c4)ccc3CN2C1=O)OC1CCCC1. The molecule has 3 fully saturated rings. The van der Waals surface area contributed by atoms with Crippen LogP contribution in [0, 0.1) is 5.92 Å². The quantitative estimate of drug-likeness (QED) is 0.316. The molecule has 0 radical (unpaired) electrons. The number of sulfonamides is 1. The van der Waals surface area contributed by atoms with Crippen LogP contribution in [-0.2, 0) is 42.1 Å². The minimum atomic E-state index is -3.88. The number of benzene rings is 2. The molecule has 0 spiro atoms. The van der Waals surface area contributed by atoms with E-state index in [4.69, 9.17) is 21.1 Å². The number of fused-ring (bicyclic) bond motifs is 3. The maximum atomic E-state index is 14.5. The molecular weight excluding hydrogens is 708 g/mol. The third-order valence-electron chi connectivity index (χ3n) is 10.8. The Morgan fingerprint density at radius 1 is 0.923 bits per heavy atom. The van der Waals surface area contributed by atoms with E-state index >= 15 is 0 Å². The van der Waals surface area contributed by atoms with Gasteiger partial charge in [0.25, 0.3) is 5.91 Å². The predicted octanol–water partition coefficient (Wildman–Crippen LogP) is 5.43. The second-order valence-electron chi connectivity index (χ2n) is 14.7. The minimum Gasteiger partial charge on any atom is -0.457 e. The van der Waals surface area contributed by atoms with Gasteiger partial charge in [0.15, 0.2) is 0 Å². The van der Waals surface area contributed by atoms with Crippen LogP contribution in [0.1, 0.15) is 88.2 Å². The van der Waals surface area contributed by atoms with Crippen LogP contribution >= 0.6 is 11.6 Å². The molecule has 14 heteroatoms. The fraction of sp³-hybridized carbons (Fsp3) is 0.526. The van der Waals surface area contributed by atoms with Crippen molar-refractivity contribution in [2.75, 3.05) is 0 Å². The van der Waals surface area contributed by atoms with Crippen LogP contribution in [0.5, 0.6) is 11.5 Å². The first-order valence-electron chi connectivity index (χ1n) is 18.4. The van der Waals surface area contributed by atoms with Crippen LogP contribution in [0.3, 0.4) is 0 Å². The number of carbonyl (C=O) groups is 4. The highest BCUT2D eigenvalue weighted by molar-refractivity contribution is 7.91. The Morgan fingerprint density at radius 3 is 2.46 bits per heavy atom. The van der Waals surface area contributed by atoms with E-state index in [1.807, 2.05) is 24.3 Å². The van der Waals surface area contributed by atoms with Gasteiger partial charge in [0.2, 0.25) is 21.8 Å². The van der Waals surface area contributed by atoms with Gasteiger partial charge in [0.1, 0.15) is 35.2 Å². The summed E-state index contributed by atoms with van der Waals surface area (Å²) in [5.74, 6) is -1.14. The maximum absolute atomic E-state index is 14.5. The summed E-state index contributed by atoms with van der Waals surface area (Å²) in [6, 6.07) is 10.4. The number of nitrogens with zero attached hydrogens (tertiary/aromatic N) is 1. The first-order chi connectivity index (χ1) is 25.0. The number of nitrogens with one attached hydrogen (secondary N) is 3. The standard InChI is InChI=1S/C38H45ClN4O8S/c39-27-10-8-13-29(21-27)50-30-16-15-24-23-43-33(20-25(24)19-30)34(44)41-38(36(46)42-52(48,49)31-17-18-31)22-26(38)9-4-2-1-3-5-14-32(35(43)45)40-37(47)51-28-11-6-7-12-28/h4,8-10,13,15-16,19,21,26,28,31-33H,1-3,5-7,11-12,14,17-18,20,22-23H2,(H,40,47)(H,41,44)(H,42,46)/t26-,32+,33-,38-/m1/s1. The Labute approximate surface area is 309 Å². The fourth-order valence-electron chi connectivity index (χ4n) is 7.56. The average Bonchev–Trinajstić information content (AvgIpc) is 4.03. The summed E-state index contributed by atoms with van der Waals surface area (Å²) in [6.45, 7) is 0.0676. The minimum absolute atomic E-state index is 0.0676. The molecule has 4 atom stereocenters. The van der Waals surface area contributed by atoms with Gasteiger partial charge >= 0.3 is 6.09 Å². The second-order valence-corrected chi connectivity index (χ2v) is 17.1. The molecule has 12 nitrogen and oxygen atoms in total. The van der Waals surface area contributed by atoms with Gasteiger partial charge < -0.3 is 25.0 Å². The van der Waals surface area contributed by atoms with Crippen LogP contribution in [0.4, 0.5) is 4.79 Å². The molecule has 278 valence electrons. The lowest BCUT2D eigenvalue weighted by Gasteiger charge is -2.39. The number of ether oxygens (including phenoxy) is 2. The van der Waals surface area contributed by atoms with Crippen molar-refractivity contribution < 1.29 is 37.1 Å². The Balaban J connectivity index is 1.19. The van der Waals surface area contributed by atoms with Crippen LogP contribution in [-0.4, -0.2) is 66.1 Å². The molecule has 0 bridgehead atoms. The van der Waals surface area contributed by atoms with Crippen molar-refractivity contribution in [3.05, 3.63) is 70.8 Å². The van der Waals surface area contributed by atoms with Crippen LogP contribution in [0.25, 0.3) is 0 Å². The number of rotatable bonds is 7. The first kappa shape index (κ1) is 36.3. The Kier molecular flexibility index (Phi) is 10.5. The molecule has 0 unspecified atom stereocenters. The van der Waals surface area contributed by atoms with Crippen LogP contribution < -0.4 is 20.1 Å². The van der Waals surface area contributed by atoms with Crippen molar-refractivity contribution in [3.63, 3.8) is 0 Å². The highest BCUT2D eigenvalue weighted by Crippen LogP contribution is 2.46. The largest absolute Gasteiger partial charge is 0.457 e. The van der Waals surface area contributed by atoms with E-state index in [9.17, 15) is 27.6 Å². The third-order valence-corrected chi connectivity index (χ3v) is 12.8.